The zero-order chi connectivity index (χ0) is 15.0. The van der Waals surface area contributed by atoms with E-state index in [1.165, 1.54) is 0 Å². The number of carbonyl (C=O) groups is 1. The molecule has 0 radical (unpaired) electrons. The molecule has 114 valence electrons. The zero-order valence-electron chi connectivity index (χ0n) is 12.1. The van der Waals surface area contributed by atoms with Gasteiger partial charge in [0.15, 0.2) is 5.82 Å². The first-order valence-electron chi connectivity index (χ1n) is 7.21. The number of fused-ring (bicyclic) bond motifs is 2. The Balaban J connectivity index is 1.69. The summed E-state index contributed by atoms with van der Waals surface area (Å²) < 4.78 is 18.7. The first-order chi connectivity index (χ1) is 10.0. The molecular weight excluding hydrogens is 275 g/mol. The van der Waals surface area contributed by atoms with Gasteiger partial charge in [0.1, 0.15) is 0 Å². The summed E-state index contributed by atoms with van der Waals surface area (Å²) in [5.74, 6) is -0.0639. The van der Waals surface area contributed by atoms with Crippen LogP contribution in [-0.4, -0.2) is 47.2 Å². The average molecular weight is 294 g/mol. The van der Waals surface area contributed by atoms with Gasteiger partial charge < -0.3 is 15.0 Å². The molecule has 0 aliphatic carbocycles. The second-order valence-electron chi connectivity index (χ2n) is 5.91. The summed E-state index contributed by atoms with van der Waals surface area (Å²) in [5.41, 5.74) is 0. The van der Waals surface area contributed by atoms with Crippen molar-refractivity contribution in [2.45, 2.75) is 38.5 Å². The summed E-state index contributed by atoms with van der Waals surface area (Å²) in [6, 6.07) is 0.120. The van der Waals surface area contributed by atoms with Gasteiger partial charge in [-0.05, 0) is 20.3 Å². The van der Waals surface area contributed by atoms with Crippen LogP contribution in [0.15, 0.2) is 12.4 Å². The number of nitrogens with one attached hydrogen (secondary N) is 1. The quantitative estimate of drug-likeness (QED) is 0.890. The van der Waals surface area contributed by atoms with E-state index in [4.69, 9.17) is 4.74 Å². The van der Waals surface area contributed by atoms with E-state index in [1.807, 2.05) is 18.7 Å². The third-order valence-electron chi connectivity index (χ3n) is 3.81. The molecule has 2 aliphatic heterocycles. The number of morpholine rings is 1. The monoisotopic (exact) mass is 294 g/mol. The SMILES string of the molecule is CC(C)NC(=O)[C@@H]1C[C@H]2CN(c3ncc(F)cn3)C[C@H]1O2. The Bertz CT molecular complexity index is 522. The Morgan fingerprint density at radius 2 is 2.14 bits per heavy atom. The van der Waals surface area contributed by atoms with Crippen LogP contribution in [0.3, 0.4) is 0 Å². The molecule has 3 rings (SSSR count). The fourth-order valence-corrected chi connectivity index (χ4v) is 2.96. The molecule has 6 nitrogen and oxygen atoms in total. The number of carbonyl (C=O) groups excluding carboxylic acids is 1. The lowest BCUT2D eigenvalue weighted by molar-refractivity contribution is -0.127. The number of hydrogen-bond donors (Lipinski definition) is 1. The lowest BCUT2D eigenvalue weighted by atomic mass is 9.99. The zero-order valence-corrected chi connectivity index (χ0v) is 12.1. The van der Waals surface area contributed by atoms with Gasteiger partial charge in [0, 0.05) is 19.1 Å². The lowest BCUT2D eigenvalue weighted by Crippen LogP contribution is -2.46. The highest BCUT2D eigenvalue weighted by atomic mass is 19.1. The van der Waals surface area contributed by atoms with Crippen molar-refractivity contribution in [3.8, 4) is 0 Å². The van der Waals surface area contributed by atoms with Crippen molar-refractivity contribution < 1.29 is 13.9 Å². The van der Waals surface area contributed by atoms with Gasteiger partial charge in [-0.15, -0.1) is 0 Å². The highest BCUT2D eigenvalue weighted by molar-refractivity contribution is 5.80. The van der Waals surface area contributed by atoms with Crippen LogP contribution < -0.4 is 10.2 Å². The molecule has 2 bridgehead atoms. The standard InChI is InChI=1S/C14H19FN4O2/c1-8(2)18-13(20)11-3-10-6-19(7-12(11)21-10)14-16-4-9(15)5-17-14/h4-5,8,10-12H,3,6-7H2,1-2H3,(H,18,20)/t10-,11+,12+/m0/s1. The Morgan fingerprint density at radius 1 is 1.43 bits per heavy atom. The molecule has 1 aromatic rings. The predicted octanol–water partition coefficient (Wildman–Crippen LogP) is 0.734. The lowest BCUT2D eigenvalue weighted by Gasteiger charge is -2.32. The summed E-state index contributed by atoms with van der Waals surface area (Å²) in [6.45, 7) is 5.07. The molecule has 0 unspecified atom stereocenters. The van der Waals surface area contributed by atoms with Crippen molar-refractivity contribution in [2.24, 2.45) is 5.92 Å². The van der Waals surface area contributed by atoms with Gasteiger partial charge in [-0.3, -0.25) is 4.79 Å². The van der Waals surface area contributed by atoms with E-state index in [1.54, 1.807) is 0 Å². The van der Waals surface area contributed by atoms with Crippen LogP contribution in [0.1, 0.15) is 20.3 Å². The maximum absolute atomic E-state index is 12.9. The van der Waals surface area contributed by atoms with E-state index < -0.39 is 5.82 Å². The van der Waals surface area contributed by atoms with Crippen LogP contribution in [-0.2, 0) is 9.53 Å². The Morgan fingerprint density at radius 3 is 2.81 bits per heavy atom. The summed E-state index contributed by atoms with van der Waals surface area (Å²) in [7, 11) is 0. The van der Waals surface area contributed by atoms with Crippen molar-refractivity contribution in [1.82, 2.24) is 15.3 Å². The predicted molar refractivity (Wildman–Crippen MR) is 74.2 cm³/mol. The highest BCUT2D eigenvalue weighted by Gasteiger charge is 2.45. The van der Waals surface area contributed by atoms with Gasteiger partial charge in [-0.2, -0.15) is 0 Å². The van der Waals surface area contributed by atoms with Crippen molar-refractivity contribution in [3.05, 3.63) is 18.2 Å². The maximum Gasteiger partial charge on any atom is 0.226 e. The Labute approximate surface area is 122 Å². The van der Waals surface area contributed by atoms with E-state index in [9.17, 15) is 9.18 Å². The van der Waals surface area contributed by atoms with Gasteiger partial charge in [0.25, 0.3) is 0 Å². The molecule has 0 spiro atoms. The third-order valence-corrected chi connectivity index (χ3v) is 3.81. The number of amides is 1. The first kappa shape index (κ1) is 14.2. The van der Waals surface area contributed by atoms with Crippen molar-refractivity contribution in [3.63, 3.8) is 0 Å². The van der Waals surface area contributed by atoms with Crippen LogP contribution in [0, 0.1) is 11.7 Å². The van der Waals surface area contributed by atoms with E-state index in [2.05, 4.69) is 15.3 Å². The molecule has 2 fully saturated rings. The summed E-state index contributed by atoms with van der Waals surface area (Å²) in [6.07, 6.45) is 2.86. The number of rotatable bonds is 3. The summed E-state index contributed by atoms with van der Waals surface area (Å²) in [4.78, 5) is 22.2. The van der Waals surface area contributed by atoms with Crippen LogP contribution >= 0.6 is 0 Å². The molecule has 21 heavy (non-hydrogen) atoms. The molecule has 7 heteroatoms. The molecule has 1 amide bonds. The molecule has 0 saturated carbocycles. The molecule has 0 aromatic carbocycles. The molecule has 2 saturated heterocycles. The number of ether oxygens (including phenoxy) is 1. The van der Waals surface area contributed by atoms with Gasteiger partial charge in [0.2, 0.25) is 11.9 Å². The van der Waals surface area contributed by atoms with Crippen molar-refractivity contribution in [1.29, 1.82) is 0 Å². The van der Waals surface area contributed by atoms with Gasteiger partial charge in [0.05, 0.1) is 30.5 Å². The second kappa shape index (κ2) is 5.55. The van der Waals surface area contributed by atoms with E-state index >= 15 is 0 Å². The molecular formula is C14H19FN4O2. The van der Waals surface area contributed by atoms with Crippen LogP contribution in [0.25, 0.3) is 0 Å². The van der Waals surface area contributed by atoms with Gasteiger partial charge in [-0.25, -0.2) is 14.4 Å². The summed E-state index contributed by atoms with van der Waals surface area (Å²) >= 11 is 0. The van der Waals surface area contributed by atoms with Crippen LogP contribution in [0.4, 0.5) is 10.3 Å². The van der Waals surface area contributed by atoms with E-state index in [0.29, 0.717) is 25.5 Å². The third kappa shape index (κ3) is 2.97. The van der Waals surface area contributed by atoms with E-state index in [-0.39, 0.29) is 30.1 Å². The number of aromatic nitrogens is 2. The molecule has 3 atom stereocenters. The minimum Gasteiger partial charge on any atom is -0.370 e. The van der Waals surface area contributed by atoms with Gasteiger partial charge in [-0.1, -0.05) is 0 Å². The number of halogens is 1. The van der Waals surface area contributed by atoms with Crippen LogP contribution in [0.5, 0.6) is 0 Å². The van der Waals surface area contributed by atoms with Crippen molar-refractivity contribution in [2.75, 3.05) is 18.0 Å². The second-order valence-corrected chi connectivity index (χ2v) is 5.91. The van der Waals surface area contributed by atoms with Crippen molar-refractivity contribution >= 4 is 11.9 Å². The molecule has 2 aliphatic rings. The topological polar surface area (TPSA) is 67.4 Å². The Kier molecular flexibility index (Phi) is 3.75. The largest absolute Gasteiger partial charge is 0.370 e. The number of anilines is 1. The fourth-order valence-electron chi connectivity index (χ4n) is 2.96. The normalized spacial score (nSPS) is 28.0. The summed E-state index contributed by atoms with van der Waals surface area (Å²) in [5, 5.41) is 2.94. The fraction of sp³-hybridized carbons (Fsp3) is 0.643. The Hall–Kier alpha value is -1.76. The highest BCUT2D eigenvalue weighted by Crippen LogP contribution is 2.33. The number of hydrogen-bond acceptors (Lipinski definition) is 5. The smallest absolute Gasteiger partial charge is 0.226 e. The average Bonchev–Trinajstić information content (AvgIpc) is 2.73. The minimum atomic E-state index is -0.454. The minimum absolute atomic E-state index is 0.000292. The maximum atomic E-state index is 12.9. The molecule has 3 heterocycles. The van der Waals surface area contributed by atoms with E-state index in [0.717, 1.165) is 12.4 Å². The molecule has 1 N–H and O–H groups in total. The number of nitrogens with zero attached hydrogens (tertiary/aromatic N) is 3. The molecule has 1 aromatic heterocycles. The van der Waals surface area contributed by atoms with Gasteiger partial charge >= 0.3 is 0 Å². The first-order valence-corrected chi connectivity index (χ1v) is 7.21. The van der Waals surface area contributed by atoms with Crippen LogP contribution in [0.2, 0.25) is 0 Å².